The second-order valence-corrected chi connectivity index (χ2v) is 13.6. The maximum atomic E-state index is 6.48. The molecular weight excluding hydrogens is 354 g/mol. The third-order valence-corrected chi connectivity index (χ3v) is 6.26. The van der Waals surface area contributed by atoms with E-state index in [0.717, 1.165) is 46.3 Å². The molecule has 0 radical (unpaired) electrons. The Morgan fingerprint density at radius 1 is 1.28 bits per heavy atom. The van der Waals surface area contributed by atoms with Crippen LogP contribution >= 0.6 is 11.6 Å². The van der Waals surface area contributed by atoms with Gasteiger partial charge in [0.25, 0.3) is 0 Å². The fourth-order valence-corrected chi connectivity index (χ4v) is 3.87. The Kier molecular flexibility index (Phi) is 5.04. The van der Waals surface area contributed by atoms with Crippen molar-refractivity contribution in [2.24, 2.45) is 0 Å². The van der Waals surface area contributed by atoms with Crippen LogP contribution in [0.1, 0.15) is 11.5 Å². The zero-order valence-electron chi connectivity index (χ0n) is 15.4. The van der Waals surface area contributed by atoms with Crippen LogP contribution in [0.25, 0.3) is 22.2 Å². The van der Waals surface area contributed by atoms with Crippen LogP contribution in [-0.2, 0) is 11.5 Å². The molecule has 25 heavy (non-hydrogen) atoms. The third-order valence-electron chi connectivity index (χ3n) is 4.24. The molecule has 134 valence electrons. The molecule has 3 heterocycles. The van der Waals surface area contributed by atoms with Crippen molar-refractivity contribution in [3.63, 3.8) is 0 Å². The minimum Gasteiger partial charge on any atom is -0.361 e. The summed E-state index contributed by atoms with van der Waals surface area (Å²) in [5, 5.41) is 5.64. The second-order valence-electron chi connectivity index (χ2n) is 7.55. The van der Waals surface area contributed by atoms with Crippen molar-refractivity contribution in [1.82, 2.24) is 14.7 Å². The molecule has 0 saturated carbocycles. The molecule has 0 aliphatic carbocycles. The summed E-state index contributed by atoms with van der Waals surface area (Å²) >= 11 is 6.48. The van der Waals surface area contributed by atoms with E-state index in [0.29, 0.717) is 11.8 Å². The van der Waals surface area contributed by atoms with E-state index in [1.807, 2.05) is 30.7 Å². The zero-order valence-corrected chi connectivity index (χ0v) is 17.1. The number of hydrogen-bond acceptors (Lipinski definition) is 4. The van der Waals surface area contributed by atoms with E-state index in [1.165, 1.54) is 0 Å². The van der Waals surface area contributed by atoms with Crippen LogP contribution in [0.3, 0.4) is 0 Å². The molecule has 5 nitrogen and oxygen atoms in total. The molecule has 0 spiro atoms. The van der Waals surface area contributed by atoms with Gasteiger partial charge >= 0.3 is 0 Å². The normalized spacial score (nSPS) is 12.2. The van der Waals surface area contributed by atoms with Crippen LogP contribution in [-0.4, -0.2) is 29.4 Å². The lowest BCUT2D eigenvalue weighted by Gasteiger charge is -2.15. The van der Waals surface area contributed by atoms with Gasteiger partial charge in [0.15, 0.2) is 0 Å². The Morgan fingerprint density at radius 2 is 2.04 bits per heavy atom. The molecule has 0 aliphatic heterocycles. The molecular formula is C18H24ClN3O2Si. The summed E-state index contributed by atoms with van der Waals surface area (Å²) in [4.78, 5) is 4.52. The molecule has 7 heteroatoms. The van der Waals surface area contributed by atoms with Gasteiger partial charge in [0.2, 0.25) is 0 Å². The van der Waals surface area contributed by atoms with Gasteiger partial charge in [-0.05, 0) is 26.0 Å². The van der Waals surface area contributed by atoms with Gasteiger partial charge in [0.1, 0.15) is 18.1 Å². The smallest absolute Gasteiger partial charge is 0.143 e. The van der Waals surface area contributed by atoms with Crippen LogP contribution in [0, 0.1) is 13.8 Å². The lowest BCUT2D eigenvalue weighted by Crippen LogP contribution is -2.22. The SMILES string of the molecule is Cc1noc(C)c1-c1cn(COCC[Si](C)(C)C)c2nccc(Cl)c12. The number of ether oxygens (including phenoxy) is 1. The summed E-state index contributed by atoms with van der Waals surface area (Å²) in [6, 6.07) is 2.94. The fraction of sp³-hybridized carbons (Fsp3) is 0.444. The highest BCUT2D eigenvalue weighted by Gasteiger charge is 2.20. The molecule has 0 amide bonds. The molecule has 3 aromatic rings. The van der Waals surface area contributed by atoms with Gasteiger partial charge in [0, 0.05) is 43.6 Å². The molecule has 0 aliphatic rings. The lowest BCUT2D eigenvalue weighted by atomic mass is 10.0. The molecule has 0 bridgehead atoms. The number of aryl methyl sites for hydroxylation is 2. The summed E-state index contributed by atoms with van der Waals surface area (Å²) in [5.74, 6) is 0.774. The standard InChI is InChI=1S/C18H24ClN3O2Si/c1-12-16(13(2)24-21-12)14-10-22(11-23-8-9-25(3,4)5)18-17(14)15(19)6-7-20-18/h6-7,10H,8-9,11H2,1-5H3. The van der Waals surface area contributed by atoms with Gasteiger partial charge in [-0.3, -0.25) is 0 Å². The minimum absolute atomic E-state index is 0.456. The molecule has 0 saturated heterocycles. The number of fused-ring (bicyclic) bond motifs is 1. The first-order valence-corrected chi connectivity index (χ1v) is 12.5. The van der Waals surface area contributed by atoms with Crippen molar-refractivity contribution in [2.45, 2.75) is 46.3 Å². The minimum atomic E-state index is -1.10. The largest absolute Gasteiger partial charge is 0.361 e. The third kappa shape index (κ3) is 3.81. The first-order chi connectivity index (χ1) is 11.8. The predicted molar refractivity (Wildman–Crippen MR) is 104 cm³/mol. The summed E-state index contributed by atoms with van der Waals surface area (Å²) in [6.07, 6.45) is 3.75. The summed E-state index contributed by atoms with van der Waals surface area (Å²) in [6.45, 7) is 12.1. The van der Waals surface area contributed by atoms with Gasteiger partial charge in [-0.1, -0.05) is 36.4 Å². The lowest BCUT2D eigenvalue weighted by molar-refractivity contribution is 0.0899. The summed E-state index contributed by atoms with van der Waals surface area (Å²) in [7, 11) is -1.10. The molecule has 0 fully saturated rings. The number of aromatic nitrogens is 3. The van der Waals surface area contributed by atoms with Gasteiger partial charge in [-0.25, -0.2) is 4.98 Å². The first kappa shape index (κ1) is 18.2. The molecule has 0 N–H and O–H groups in total. The highest BCUT2D eigenvalue weighted by atomic mass is 35.5. The van der Waals surface area contributed by atoms with Gasteiger partial charge in [-0.2, -0.15) is 0 Å². The monoisotopic (exact) mass is 377 g/mol. The van der Waals surface area contributed by atoms with Crippen molar-refractivity contribution < 1.29 is 9.26 Å². The number of nitrogens with zero attached hydrogens (tertiary/aromatic N) is 3. The Hall–Kier alpha value is -1.63. The van der Waals surface area contributed by atoms with Crippen LogP contribution in [0.5, 0.6) is 0 Å². The van der Waals surface area contributed by atoms with Crippen LogP contribution in [0.15, 0.2) is 23.0 Å². The van der Waals surface area contributed by atoms with E-state index in [1.54, 1.807) is 6.20 Å². The van der Waals surface area contributed by atoms with E-state index in [4.69, 9.17) is 20.9 Å². The summed E-state index contributed by atoms with van der Waals surface area (Å²) in [5.41, 5.74) is 3.62. The van der Waals surface area contributed by atoms with E-state index in [9.17, 15) is 0 Å². The molecule has 3 aromatic heterocycles. The van der Waals surface area contributed by atoms with E-state index >= 15 is 0 Å². The average Bonchev–Trinajstić information content (AvgIpc) is 3.04. The van der Waals surface area contributed by atoms with Crippen LogP contribution < -0.4 is 0 Å². The summed E-state index contributed by atoms with van der Waals surface area (Å²) < 4.78 is 13.3. The maximum absolute atomic E-state index is 6.48. The van der Waals surface area contributed by atoms with Gasteiger partial charge < -0.3 is 13.8 Å². The topological polar surface area (TPSA) is 53.1 Å². The van der Waals surface area contributed by atoms with E-state index < -0.39 is 8.07 Å². The molecule has 3 rings (SSSR count). The van der Waals surface area contributed by atoms with E-state index in [-0.39, 0.29) is 0 Å². The van der Waals surface area contributed by atoms with Crippen molar-refractivity contribution in [3.8, 4) is 11.1 Å². The fourth-order valence-electron chi connectivity index (χ4n) is 2.87. The van der Waals surface area contributed by atoms with E-state index in [2.05, 4.69) is 29.8 Å². The zero-order chi connectivity index (χ0) is 18.2. The van der Waals surface area contributed by atoms with Crippen LogP contribution in [0.4, 0.5) is 0 Å². The number of halogens is 1. The van der Waals surface area contributed by atoms with Crippen molar-refractivity contribution in [2.75, 3.05) is 6.61 Å². The van der Waals surface area contributed by atoms with Crippen molar-refractivity contribution >= 4 is 30.7 Å². The van der Waals surface area contributed by atoms with Crippen LogP contribution in [0.2, 0.25) is 30.7 Å². The Balaban J connectivity index is 1.97. The molecule has 0 unspecified atom stereocenters. The van der Waals surface area contributed by atoms with Crippen molar-refractivity contribution in [1.29, 1.82) is 0 Å². The number of rotatable bonds is 6. The Bertz CT molecular complexity index is 876. The highest BCUT2D eigenvalue weighted by molar-refractivity contribution is 6.76. The Labute approximate surface area is 153 Å². The maximum Gasteiger partial charge on any atom is 0.143 e. The average molecular weight is 378 g/mol. The van der Waals surface area contributed by atoms with Crippen molar-refractivity contribution in [3.05, 3.63) is 34.9 Å². The van der Waals surface area contributed by atoms with Gasteiger partial charge in [0.05, 0.1) is 10.7 Å². The first-order valence-electron chi connectivity index (χ1n) is 8.42. The van der Waals surface area contributed by atoms with Gasteiger partial charge in [-0.15, -0.1) is 0 Å². The predicted octanol–water partition coefficient (Wildman–Crippen LogP) is 5.27. The molecule has 0 aromatic carbocycles. The second kappa shape index (κ2) is 6.94. The highest BCUT2D eigenvalue weighted by Crippen LogP contribution is 2.37. The quantitative estimate of drug-likeness (QED) is 0.433. The number of pyridine rings is 1. The Morgan fingerprint density at radius 3 is 2.68 bits per heavy atom. The number of hydrogen-bond donors (Lipinski definition) is 0. The molecule has 0 atom stereocenters.